The molecule has 1 amide bonds. The van der Waals surface area contributed by atoms with Gasteiger partial charge < -0.3 is 10.1 Å². The molecule has 138 valence electrons. The lowest BCUT2D eigenvalue weighted by Crippen LogP contribution is -2.31. The zero-order chi connectivity index (χ0) is 18.6. The topological polar surface area (TPSA) is 84.5 Å². The molecule has 1 atom stereocenters. The predicted octanol–water partition coefficient (Wildman–Crippen LogP) is 2.70. The number of carbonyl (C=O) groups is 1. The van der Waals surface area contributed by atoms with Crippen molar-refractivity contribution in [2.24, 2.45) is 0 Å². The van der Waals surface area contributed by atoms with Crippen LogP contribution in [0.5, 0.6) is 0 Å². The van der Waals surface area contributed by atoms with Crippen LogP contribution in [0.15, 0.2) is 53.4 Å². The molecule has 2 aromatic rings. The molecule has 2 N–H and O–H groups in total. The molecule has 0 saturated carbocycles. The van der Waals surface area contributed by atoms with Gasteiger partial charge in [0.15, 0.2) is 0 Å². The average molecular weight is 374 g/mol. The monoisotopic (exact) mass is 374 g/mol. The van der Waals surface area contributed by atoms with Gasteiger partial charge in [0.25, 0.3) is 5.91 Å². The highest BCUT2D eigenvalue weighted by atomic mass is 32.2. The lowest BCUT2D eigenvalue weighted by Gasteiger charge is -2.12. The maximum atomic E-state index is 12.3. The Balaban J connectivity index is 1.61. The van der Waals surface area contributed by atoms with Gasteiger partial charge in [0, 0.05) is 24.4 Å². The lowest BCUT2D eigenvalue weighted by atomic mass is 10.1. The molecule has 1 heterocycles. The molecular formula is C19H22N2O4S. The minimum Gasteiger partial charge on any atom is -0.377 e. The van der Waals surface area contributed by atoms with Gasteiger partial charge in [-0.3, -0.25) is 4.79 Å². The summed E-state index contributed by atoms with van der Waals surface area (Å²) in [5.41, 5.74) is 2.16. The summed E-state index contributed by atoms with van der Waals surface area (Å²) in [6.07, 6.45) is 1.77. The fourth-order valence-corrected chi connectivity index (χ4v) is 3.78. The zero-order valence-electron chi connectivity index (χ0n) is 14.6. The summed E-state index contributed by atoms with van der Waals surface area (Å²) >= 11 is 0. The van der Waals surface area contributed by atoms with Gasteiger partial charge in [-0.1, -0.05) is 17.7 Å². The number of ether oxygens (including phenoxy) is 1. The quantitative estimate of drug-likeness (QED) is 0.814. The Kier molecular flexibility index (Phi) is 5.70. The van der Waals surface area contributed by atoms with Gasteiger partial charge in [-0.05, 0) is 56.2 Å². The highest BCUT2D eigenvalue weighted by Crippen LogP contribution is 2.16. The predicted molar refractivity (Wildman–Crippen MR) is 99.7 cm³/mol. The summed E-state index contributed by atoms with van der Waals surface area (Å²) < 4.78 is 32.6. The van der Waals surface area contributed by atoms with Crippen molar-refractivity contribution < 1.29 is 17.9 Å². The third-order valence-electron chi connectivity index (χ3n) is 4.26. The van der Waals surface area contributed by atoms with Crippen molar-refractivity contribution in [1.82, 2.24) is 4.72 Å². The molecule has 1 fully saturated rings. The molecule has 26 heavy (non-hydrogen) atoms. The average Bonchev–Trinajstić information content (AvgIpc) is 3.15. The van der Waals surface area contributed by atoms with Gasteiger partial charge in [-0.15, -0.1) is 0 Å². The molecule has 7 heteroatoms. The van der Waals surface area contributed by atoms with Crippen LogP contribution in [0.2, 0.25) is 0 Å². The van der Waals surface area contributed by atoms with Crippen LogP contribution >= 0.6 is 0 Å². The van der Waals surface area contributed by atoms with Crippen molar-refractivity contribution in [2.75, 3.05) is 18.5 Å². The number of sulfonamides is 1. The molecule has 1 aliphatic heterocycles. The van der Waals surface area contributed by atoms with Gasteiger partial charge >= 0.3 is 0 Å². The molecule has 0 aliphatic carbocycles. The van der Waals surface area contributed by atoms with E-state index in [0.717, 1.165) is 18.4 Å². The maximum absolute atomic E-state index is 12.3. The highest BCUT2D eigenvalue weighted by Gasteiger charge is 2.20. The molecule has 0 aromatic heterocycles. The molecule has 0 bridgehead atoms. The van der Waals surface area contributed by atoms with Gasteiger partial charge in [-0.25, -0.2) is 13.1 Å². The molecule has 0 radical (unpaired) electrons. The Bertz CT molecular complexity index is 855. The van der Waals surface area contributed by atoms with Gasteiger partial charge in [0.1, 0.15) is 0 Å². The highest BCUT2D eigenvalue weighted by molar-refractivity contribution is 7.89. The van der Waals surface area contributed by atoms with E-state index >= 15 is 0 Å². The first kappa shape index (κ1) is 18.6. The summed E-state index contributed by atoms with van der Waals surface area (Å²) in [5.74, 6) is -0.239. The minimum absolute atomic E-state index is 0.0576. The molecule has 1 aliphatic rings. The third-order valence-corrected chi connectivity index (χ3v) is 5.70. The number of anilines is 1. The molecule has 3 rings (SSSR count). The summed E-state index contributed by atoms with van der Waals surface area (Å²) in [4.78, 5) is 12.4. The normalized spacial score (nSPS) is 17.2. The summed E-state index contributed by atoms with van der Waals surface area (Å²) in [7, 11) is -3.59. The summed E-state index contributed by atoms with van der Waals surface area (Å²) in [5, 5.41) is 2.76. The Hall–Kier alpha value is -2.22. The van der Waals surface area contributed by atoms with E-state index in [0.29, 0.717) is 17.9 Å². The fraction of sp³-hybridized carbons (Fsp3) is 0.316. The molecule has 2 aromatic carbocycles. The van der Waals surface area contributed by atoms with Crippen molar-refractivity contribution in [1.29, 1.82) is 0 Å². The van der Waals surface area contributed by atoms with Crippen LogP contribution in [-0.4, -0.2) is 33.6 Å². The van der Waals surface area contributed by atoms with E-state index in [9.17, 15) is 13.2 Å². The van der Waals surface area contributed by atoms with Crippen molar-refractivity contribution >= 4 is 21.6 Å². The van der Waals surface area contributed by atoms with Crippen LogP contribution in [0.1, 0.15) is 28.8 Å². The van der Waals surface area contributed by atoms with Crippen LogP contribution in [0.3, 0.4) is 0 Å². The molecule has 0 unspecified atom stereocenters. The van der Waals surface area contributed by atoms with E-state index in [1.165, 1.54) is 12.1 Å². The zero-order valence-corrected chi connectivity index (χ0v) is 15.4. The van der Waals surface area contributed by atoms with Crippen LogP contribution in [-0.2, 0) is 14.8 Å². The molecule has 6 nitrogen and oxygen atoms in total. The summed E-state index contributed by atoms with van der Waals surface area (Å²) in [6, 6.07) is 13.3. The van der Waals surface area contributed by atoms with E-state index in [2.05, 4.69) is 10.0 Å². The van der Waals surface area contributed by atoms with Gasteiger partial charge in [0.2, 0.25) is 10.0 Å². The maximum Gasteiger partial charge on any atom is 0.255 e. The van der Waals surface area contributed by atoms with E-state index < -0.39 is 10.0 Å². The van der Waals surface area contributed by atoms with E-state index in [1.54, 1.807) is 24.3 Å². The Morgan fingerprint density at radius 3 is 2.42 bits per heavy atom. The van der Waals surface area contributed by atoms with Crippen molar-refractivity contribution in [3.8, 4) is 0 Å². The van der Waals surface area contributed by atoms with Crippen molar-refractivity contribution in [3.63, 3.8) is 0 Å². The van der Waals surface area contributed by atoms with E-state index in [-0.39, 0.29) is 23.5 Å². The number of aryl methyl sites for hydroxylation is 1. The first-order valence-electron chi connectivity index (χ1n) is 8.53. The number of rotatable bonds is 6. The largest absolute Gasteiger partial charge is 0.377 e. The lowest BCUT2D eigenvalue weighted by molar-refractivity contribution is 0.102. The van der Waals surface area contributed by atoms with Gasteiger partial charge in [-0.2, -0.15) is 0 Å². The fourth-order valence-electron chi connectivity index (χ4n) is 2.72. The third kappa shape index (κ3) is 4.69. The molecule has 0 spiro atoms. The van der Waals surface area contributed by atoms with Crippen LogP contribution in [0.4, 0.5) is 5.69 Å². The number of hydrogen-bond acceptors (Lipinski definition) is 4. The van der Waals surface area contributed by atoms with E-state index in [4.69, 9.17) is 4.74 Å². The first-order valence-corrected chi connectivity index (χ1v) is 10.0. The first-order chi connectivity index (χ1) is 12.4. The Labute approximate surface area is 153 Å². The Morgan fingerprint density at radius 2 is 1.81 bits per heavy atom. The standard InChI is InChI=1S/C19H22N2O4S/c1-14-4-6-15(7-5-14)19(22)21-16-8-10-18(11-9-16)26(23,24)20-13-17-3-2-12-25-17/h4-11,17,20H,2-3,12-13H2,1H3,(H,21,22)/t17-/m1/s1. The van der Waals surface area contributed by atoms with Crippen LogP contribution in [0, 0.1) is 6.92 Å². The second-order valence-electron chi connectivity index (χ2n) is 6.33. The summed E-state index contributed by atoms with van der Waals surface area (Å²) in [6.45, 7) is 2.91. The molecular weight excluding hydrogens is 352 g/mol. The second-order valence-corrected chi connectivity index (χ2v) is 8.10. The van der Waals surface area contributed by atoms with Crippen LogP contribution < -0.4 is 10.0 Å². The van der Waals surface area contributed by atoms with Crippen LogP contribution in [0.25, 0.3) is 0 Å². The number of carbonyl (C=O) groups excluding carboxylic acids is 1. The smallest absolute Gasteiger partial charge is 0.255 e. The number of amides is 1. The number of hydrogen-bond donors (Lipinski definition) is 2. The van der Waals surface area contributed by atoms with Crippen molar-refractivity contribution in [2.45, 2.75) is 30.8 Å². The van der Waals surface area contributed by atoms with Crippen molar-refractivity contribution in [3.05, 3.63) is 59.7 Å². The number of benzene rings is 2. The van der Waals surface area contributed by atoms with Gasteiger partial charge in [0.05, 0.1) is 11.0 Å². The van der Waals surface area contributed by atoms with E-state index in [1.807, 2.05) is 19.1 Å². The second kappa shape index (κ2) is 7.99. The minimum atomic E-state index is -3.59. The SMILES string of the molecule is Cc1ccc(C(=O)Nc2ccc(S(=O)(=O)NC[C@H]3CCCO3)cc2)cc1. The number of nitrogens with one attached hydrogen (secondary N) is 2. The Morgan fingerprint density at radius 1 is 1.12 bits per heavy atom. The molecule has 1 saturated heterocycles.